The lowest BCUT2D eigenvalue weighted by Gasteiger charge is -2.23. The zero-order chi connectivity index (χ0) is 19.3. The largest absolute Gasteiger partial charge is 0.369 e. The normalized spacial score (nSPS) is 11.2. The van der Waals surface area contributed by atoms with Crippen LogP contribution in [0.5, 0.6) is 0 Å². The van der Waals surface area contributed by atoms with E-state index in [-0.39, 0.29) is 0 Å². The summed E-state index contributed by atoms with van der Waals surface area (Å²) < 4.78 is 0. The number of hydrogen-bond donors (Lipinski definition) is 2. The summed E-state index contributed by atoms with van der Waals surface area (Å²) in [7, 11) is 0. The number of anilines is 1. The average molecular weight is 368 g/mol. The van der Waals surface area contributed by atoms with Gasteiger partial charge in [-0.1, -0.05) is 38.3 Å². The highest BCUT2D eigenvalue weighted by Gasteiger charge is 2.04. The monoisotopic (exact) mass is 367 g/mol. The van der Waals surface area contributed by atoms with Crippen molar-refractivity contribution in [1.82, 2.24) is 0 Å². The van der Waals surface area contributed by atoms with Gasteiger partial charge < -0.3 is 16.4 Å². The fraction of sp³-hybridized carbons (Fsp3) is 0.455. The Morgan fingerprint density at radius 2 is 1.30 bits per heavy atom. The second kappa shape index (κ2) is 12.2. The Hall–Kier alpha value is -2.24. The van der Waals surface area contributed by atoms with Gasteiger partial charge in [0, 0.05) is 31.9 Å². The van der Waals surface area contributed by atoms with Gasteiger partial charge in [0.15, 0.2) is 0 Å². The number of aryl methyl sites for hydroxylation is 1. The maximum Gasteiger partial charge on any atom is 0.0858 e. The molecular weight excluding hydrogens is 334 g/mol. The molecule has 0 spiro atoms. The molecule has 0 bridgehead atoms. The summed E-state index contributed by atoms with van der Waals surface area (Å²) in [5.74, 6) is 0. The molecule has 0 amide bonds. The molecule has 0 radical (unpaired) electrons. The molecule has 0 unspecified atom stereocenters. The molecule has 27 heavy (non-hydrogen) atoms. The molecule has 2 aromatic carbocycles. The maximum atomic E-state index is 5.67. The maximum absolute atomic E-state index is 5.67. The Kier molecular flexibility index (Phi) is 9.52. The van der Waals surface area contributed by atoms with Crippen LogP contribution in [0.4, 0.5) is 17.1 Å². The Morgan fingerprint density at radius 3 is 1.81 bits per heavy atom. The summed E-state index contributed by atoms with van der Waals surface area (Å²) in [6, 6.07) is 16.4. The number of nitrogens with zero attached hydrogens (tertiary/aromatic N) is 3. The number of unbranched alkanes of at least 4 members (excludes halogenated alkanes) is 3. The molecule has 5 nitrogen and oxygen atoms in total. The zero-order valence-electron chi connectivity index (χ0n) is 16.5. The highest BCUT2D eigenvalue weighted by Crippen LogP contribution is 2.22. The first-order valence-corrected chi connectivity index (χ1v) is 10.0. The van der Waals surface area contributed by atoms with Crippen LogP contribution in [0.3, 0.4) is 0 Å². The third-order valence-electron chi connectivity index (χ3n) is 4.55. The van der Waals surface area contributed by atoms with Crippen LogP contribution in [0, 0.1) is 0 Å². The van der Waals surface area contributed by atoms with Crippen molar-refractivity contribution in [1.29, 1.82) is 0 Å². The highest BCUT2D eigenvalue weighted by atomic mass is 15.1. The standard InChI is InChI=1S/C22H33N5/c1-2-3-4-5-6-19-7-9-20(10-8-19)25-26-21-11-13-22(14-12-21)27(17-15-23)18-16-24/h7-14H,2-6,15-18,23-24H2,1H3. The predicted molar refractivity (Wildman–Crippen MR) is 115 cm³/mol. The molecule has 0 atom stereocenters. The van der Waals surface area contributed by atoms with Gasteiger partial charge >= 0.3 is 0 Å². The third-order valence-corrected chi connectivity index (χ3v) is 4.55. The fourth-order valence-electron chi connectivity index (χ4n) is 3.01. The van der Waals surface area contributed by atoms with Crippen molar-refractivity contribution in [2.24, 2.45) is 21.7 Å². The van der Waals surface area contributed by atoms with Crippen LogP contribution in [-0.4, -0.2) is 26.2 Å². The molecule has 0 saturated heterocycles. The lowest BCUT2D eigenvalue weighted by molar-refractivity contribution is 0.667. The molecule has 146 valence electrons. The number of nitrogens with two attached hydrogens (primary N) is 2. The van der Waals surface area contributed by atoms with E-state index < -0.39 is 0 Å². The highest BCUT2D eigenvalue weighted by molar-refractivity contribution is 5.53. The topological polar surface area (TPSA) is 80.0 Å². The molecule has 0 heterocycles. The lowest BCUT2D eigenvalue weighted by Crippen LogP contribution is -2.33. The van der Waals surface area contributed by atoms with Crippen LogP contribution in [0.25, 0.3) is 0 Å². The van der Waals surface area contributed by atoms with Crippen molar-refractivity contribution in [3.05, 3.63) is 54.1 Å². The molecule has 0 aromatic heterocycles. The molecular formula is C22H33N5. The van der Waals surface area contributed by atoms with Gasteiger partial charge in [-0.25, -0.2) is 0 Å². The number of hydrogen-bond acceptors (Lipinski definition) is 5. The summed E-state index contributed by atoms with van der Waals surface area (Å²) in [6.45, 7) is 5.04. The summed E-state index contributed by atoms with van der Waals surface area (Å²) in [5.41, 5.74) is 15.5. The van der Waals surface area contributed by atoms with Gasteiger partial charge in [0.25, 0.3) is 0 Å². The van der Waals surface area contributed by atoms with E-state index in [4.69, 9.17) is 11.5 Å². The molecule has 5 heteroatoms. The van der Waals surface area contributed by atoms with E-state index in [1.165, 1.54) is 31.2 Å². The summed E-state index contributed by atoms with van der Waals surface area (Å²) >= 11 is 0. The molecule has 4 N–H and O–H groups in total. The summed E-state index contributed by atoms with van der Waals surface area (Å²) in [6.07, 6.45) is 6.30. The van der Waals surface area contributed by atoms with Crippen molar-refractivity contribution >= 4 is 17.1 Å². The van der Waals surface area contributed by atoms with Crippen LogP contribution < -0.4 is 16.4 Å². The van der Waals surface area contributed by atoms with E-state index in [0.717, 1.165) is 36.6 Å². The van der Waals surface area contributed by atoms with Gasteiger partial charge in [0.1, 0.15) is 0 Å². The molecule has 2 rings (SSSR count). The van der Waals surface area contributed by atoms with Crippen LogP contribution in [0.2, 0.25) is 0 Å². The van der Waals surface area contributed by atoms with Gasteiger partial charge in [-0.3, -0.25) is 0 Å². The second-order valence-electron chi connectivity index (χ2n) is 6.76. The quantitative estimate of drug-likeness (QED) is 0.411. The molecule has 0 aliphatic heterocycles. The predicted octanol–water partition coefficient (Wildman–Crippen LogP) is 4.95. The second-order valence-corrected chi connectivity index (χ2v) is 6.76. The van der Waals surface area contributed by atoms with E-state index in [9.17, 15) is 0 Å². The van der Waals surface area contributed by atoms with E-state index in [0.29, 0.717) is 13.1 Å². The SMILES string of the molecule is CCCCCCc1ccc(N=Nc2ccc(N(CCN)CCN)cc2)cc1. The Labute approximate surface area is 163 Å². The van der Waals surface area contributed by atoms with Crippen LogP contribution in [0.1, 0.15) is 38.2 Å². The molecule has 0 saturated carbocycles. The van der Waals surface area contributed by atoms with E-state index in [1.54, 1.807) is 0 Å². The first kappa shape index (κ1) is 21.1. The van der Waals surface area contributed by atoms with Crippen molar-refractivity contribution < 1.29 is 0 Å². The lowest BCUT2D eigenvalue weighted by atomic mass is 10.1. The summed E-state index contributed by atoms with van der Waals surface area (Å²) in [4.78, 5) is 2.18. The van der Waals surface area contributed by atoms with Gasteiger partial charge in [0.05, 0.1) is 11.4 Å². The fourth-order valence-corrected chi connectivity index (χ4v) is 3.01. The van der Waals surface area contributed by atoms with Gasteiger partial charge in [-0.05, 0) is 54.8 Å². The number of rotatable bonds is 12. The molecule has 2 aromatic rings. The smallest absolute Gasteiger partial charge is 0.0858 e. The van der Waals surface area contributed by atoms with Crippen LogP contribution >= 0.6 is 0 Å². The number of azo groups is 1. The Balaban J connectivity index is 1.91. The van der Waals surface area contributed by atoms with Gasteiger partial charge in [-0.15, -0.1) is 0 Å². The third kappa shape index (κ3) is 7.49. The van der Waals surface area contributed by atoms with Crippen LogP contribution in [-0.2, 0) is 6.42 Å². The van der Waals surface area contributed by atoms with E-state index >= 15 is 0 Å². The minimum absolute atomic E-state index is 0.607. The molecule has 0 aliphatic rings. The van der Waals surface area contributed by atoms with Crippen molar-refractivity contribution in [3.8, 4) is 0 Å². The summed E-state index contributed by atoms with van der Waals surface area (Å²) in [5, 5.41) is 8.69. The molecule has 0 aliphatic carbocycles. The first-order chi connectivity index (χ1) is 13.3. The van der Waals surface area contributed by atoms with Crippen molar-refractivity contribution in [3.63, 3.8) is 0 Å². The van der Waals surface area contributed by atoms with E-state index in [2.05, 4.69) is 34.2 Å². The first-order valence-electron chi connectivity index (χ1n) is 10.0. The van der Waals surface area contributed by atoms with Crippen molar-refractivity contribution in [2.45, 2.75) is 39.0 Å². The Morgan fingerprint density at radius 1 is 0.741 bits per heavy atom. The van der Waals surface area contributed by atoms with Crippen molar-refractivity contribution in [2.75, 3.05) is 31.1 Å². The van der Waals surface area contributed by atoms with Gasteiger partial charge in [-0.2, -0.15) is 10.2 Å². The van der Waals surface area contributed by atoms with E-state index in [1.807, 2.05) is 36.4 Å². The van der Waals surface area contributed by atoms with Gasteiger partial charge in [0.2, 0.25) is 0 Å². The zero-order valence-corrected chi connectivity index (χ0v) is 16.5. The minimum Gasteiger partial charge on any atom is -0.369 e. The number of benzene rings is 2. The minimum atomic E-state index is 0.607. The Bertz CT molecular complexity index is 658. The average Bonchev–Trinajstić information content (AvgIpc) is 2.71. The molecule has 0 fully saturated rings. The van der Waals surface area contributed by atoms with Crippen LogP contribution in [0.15, 0.2) is 58.8 Å².